The van der Waals surface area contributed by atoms with Crippen molar-refractivity contribution >= 4 is 21.4 Å². The van der Waals surface area contributed by atoms with Gasteiger partial charge >= 0.3 is 0 Å². The number of sulfone groups is 1. The number of nitrogens with zero attached hydrogens (tertiary/aromatic N) is 2. The minimum absolute atomic E-state index is 0.0406. The van der Waals surface area contributed by atoms with Crippen LogP contribution < -0.4 is 0 Å². The summed E-state index contributed by atoms with van der Waals surface area (Å²) in [4.78, 5) is 0. The lowest BCUT2D eigenvalue weighted by atomic mass is 10.2. The number of hydrogen-bond donors (Lipinski definition) is 0. The summed E-state index contributed by atoms with van der Waals surface area (Å²) in [5.74, 6) is 0.443. The van der Waals surface area contributed by atoms with Crippen LogP contribution in [0.4, 0.5) is 0 Å². The number of aromatic nitrogens is 2. The lowest BCUT2D eigenvalue weighted by Crippen LogP contribution is -2.13. The summed E-state index contributed by atoms with van der Waals surface area (Å²) in [7, 11) is -2.87. The normalized spacial score (nSPS) is 24.6. The van der Waals surface area contributed by atoms with Crippen molar-refractivity contribution in [1.29, 1.82) is 0 Å². The van der Waals surface area contributed by atoms with E-state index in [0.29, 0.717) is 11.4 Å². The van der Waals surface area contributed by atoms with Gasteiger partial charge in [-0.15, -0.1) is 0 Å². The van der Waals surface area contributed by atoms with Gasteiger partial charge in [-0.25, -0.2) is 8.42 Å². The Morgan fingerprint density at radius 3 is 2.53 bits per heavy atom. The summed E-state index contributed by atoms with van der Waals surface area (Å²) in [6, 6.07) is -0.0406. The van der Waals surface area contributed by atoms with E-state index in [1.165, 1.54) is 0 Å². The first-order valence-corrected chi connectivity index (χ1v) is 7.02. The van der Waals surface area contributed by atoms with Gasteiger partial charge in [0.15, 0.2) is 9.84 Å². The molecule has 1 fully saturated rings. The molecule has 1 aromatic rings. The van der Waals surface area contributed by atoms with E-state index in [9.17, 15) is 8.42 Å². The maximum absolute atomic E-state index is 11.3. The molecule has 0 spiro atoms. The van der Waals surface area contributed by atoms with E-state index < -0.39 is 9.84 Å². The molecule has 1 aliphatic heterocycles. The topological polar surface area (TPSA) is 52.0 Å². The van der Waals surface area contributed by atoms with Gasteiger partial charge in [0.05, 0.1) is 34.0 Å². The monoisotopic (exact) mass is 248 g/mol. The van der Waals surface area contributed by atoms with Crippen molar-refractivity contribution in [2.45, 2.75) is 26.3 Å². The van der Waals surface area contributed by atoms with Crippen LogP contribution in [-0.2, 0) is 9.84 Å². The average Bonchev–Trinajstić information content (AvgIpc) is 2.62. The summed E-state index contributed by atoms with van der Waals surface area (Å²) >= 11 is 6.02. The third-order valence-corrected chi connectivity index (χ3v) is 5.09. The number of rotatable bonds is 1. The van der Waals surface area contributed by atoms with Crippen LogP contribution in [0.1, 0.15) is 23.9 Å². The van der Waals surface area contributed by atoms with Crippen molar-refractivity contribution in [3.63, 3.8) is 0 Å². The molecular formula is C9H13ClN2O2S. The minimum Gasteiger partial charge on any atom is -0.264 e. The average molecular weight is 249 g/mol. The van der Waals surface area contributed by atoms with Crippen LogP contribution in [0.2, 0.25) is 5.02 Å². The quantitative estimate of drug-likeness (QED) is 0.757. The lowest BCUT2D eigenvalue weighted by Gasteiger charge is -2.10. The fourth-order valence-corrected chi connectivity index (χ4v) is 3.78. The Labute approximate surface area is 94.2 Å². The van der Waals surface area contributed by atoms with Gasteiger partial charge in [0.2, 0.25) is 0 Å². The van der Waals surface area contributed by atoms with Crippen LogP contribution in [0.3, 0.4) is 0 Å². The van der Waals surface area contributed by atoms with E-state index in [-0.39, 0.29) is 17.5 Å². The van der Waals surface area contributed by atoms with Gasteiger partial charge in [0, 0.05) is 0 Å². The molecule has 0 aliphatic carbocycles. The highest BCUT2D eigenvalue weighted by molar-refractivity contribution is 7.91. The highest BCUT2D eigenvalue weighted by Crippen LogP contribution is 2.28. The van der Waals surface area contributed by atoms with Crippen molar-refractivity contribution in [2.75, 3.05) is 11.5 Å². The molecule has 1 aromatic heterocycles. The highest BCUT2D eigenvalue weighted by Gasteiger charge is 2.31. The number of halogens is 1. The summed E-state index contributed by atoms with van der Waals surface area (Å²) in [5, 5.41) is 4.92. The van der Waals surface area contributed by atoms with E-state index in [0.717, 1.165) is 11.4 Å². The summed E-state index contributed by atoms with van der Waals surface area (Å²) in [6.07, 6.45) is 0.640. The SMILES string of the molecule is Cc1nn([C@H]2CCS(=O)(=O)C2)c(C)c1Cl. The van der Waals surface area contributed by atoms with Crippen LogP contribution in [0.15, 0.2) is 0 Å². The van der Waals surface area contributed by atoms with E-state index in [4.69, 9.17) is 11.6 Å². The van der Waals surface area contributed by atoms with Crippen LogP contribution in [0.25, 0.3) is 0 Å². The Morgan fingerprint density at radius 1 is 1.47 bits per heavy atom. The van der Waals surface area contributed by atoms with Gasteiger partial charge in [-0.05, 0) is 20.3 Å². The van der Waals surface area contributed by atoms with Crippen molar-refractivity contribution in [3.05, 3.63) is 16.4 Å². The van der Waals surface area contributed by atoms with E-state index in [1.54, 1.807) is 4.68 Å². The molecule has 0 amide bonds. The van der Waals surface area contributed by atoms with E-state index in [1.807, 2.05) is 13.8 Å². The van der Waals surface area contributed by atoms with Crippen molar-refractivity contribution in [2.24, 2.45) is 0 Å². The third-order valence-electron chi connectivity index (χ3n) is 2.79. The van der Waals surface area contributed by atoms with Crippen LogP contribution in [-0.4, -0.2) is 29.7 Å². The van der Waals surface area contributed by atoms with Crippen LogP contribution in [0, 0.1) is 13.8 Å². The number of hydrogen-bond acceptors (Lipinski definition) is 3. The van der Waals surface area contributed by atoms with Gasteiger partial charge in [-0.1, -0.05) is 11.6 Å². The second kappa shape index (κ2) is 3.49. The fourth-order valence-electron chi connectivity index (χ4n) is 1.97. The Morgan fingerprint density at radius 2 is 2.13 bits per heavy atom. The molecule has 0 radical (unpaired) electrons. The van der Waals surface area contributed by atoms with Gasteiger partial charge < -0.3 is 0 Å². The van der Waals surface area contributed by atoms with Crippen molar-refractivity contribution in [1.82, 2.24) is 9.78 Å². The lowest BCUT2D eigenvalue weighted by molar-refractivity contribution is 0.486. The van der Waals surface area contributed by atoms with E-state index in [2.05, 4.69) is 5.10 Å². The molecule has 2 rings (SSSR count). The molecule has 84 valence electrons. The maximum atomic E-state index is 11.3. The standard InChI is InChI=1S/C9H13ClN2O2S/c1-6-9(10)7(2)12(11-6)8-3-4-15(13,14)5-8/h8H,3-5H2,1-2H3/t8-/m0/s1. The van der Waals surface area contributed by atoms with Gasteiger partial charge in [0.25, 0.3) is 0 Å². The highest BCUT2D eigenvalue weighted by atomic mass is 35.5. The second-order valence-corrected chi connectivity index (χ2v) is 6.59. The Balaban J connectivity index is 2.36. The minimum atomic E-state index is -2.87. The van der Waals surface area contributed by atoms with Gasteiger partial charge in [-0.2, -0.15) is 5.10 Å². The summed E-state index contributed by atoms with van der Waals surface area (Å²) < 4.78 is 24.4. The molecule has 2 heterocycles. The molecule has 4 nitrogen and oxygen atoms in total. The third kappa shape index (κ3) is 1.90. The zero-order valence-electron chi connectivity index (χ0n) is 8.70. The molecule has 0 unspecified atom stereocenters. The summed E-state index contributed by atoms with van der Waals surface area (Å²) in [5.41, 5.74) is 1.62. The molecular weight excluding hydrogens is 236 g/mol. The predicted octanol–water partition coefficient (Wildman–Crippen LogP) is 1.51. The first-order valence-electron chi connectivity index (χ1n) is 4.82. The Kier molecular flexibility index (Phi) is 2.55. The summed E-state index contributed by atoms with van der Waals surface area (Å²) in [6.45, 7) is 3.70. The largest absolute Gasteiger partial charge is 0.264 e. The smallest absolute Gasteiger partial charge is 0.152 e. The first kappa shape index (κ1) is 11.0. The predicted molar refractivity (Wildman–Crippen MR) is 59.0 cm³/mol. The van der Waals surface area contributed by atoms with Gasteiger partial charge in [-0.3, -0.25) is 4.68 Å². The zero-order chi connectivity index (χ0) is 11.2. The molecule has 0 bridgehead atoms. The van der Waals surface area contributed by atoms with Crippen LogP contribution in [0.5, 0.6) is 0 Å². The van der Waals surface area contributed by atoms with Gasteiger partial charge in [0.1, 0.15) is 0 Å². The first-order chi connectivity index (χ1) is 6.91. The van der Waals surface area contributed by atoms with Crippen molar-refractivity contribution < 1.29 is 8.42 Å². The van der Waals surface area contributed by atoms with E-state index >= 15 is 0 Å². The molecule has 15 heavy (non-hydrogen) atoms. The molecule has 1 atom stereocenters. The molecule has 0 aromatic carbocycles. The van der Waals surface area contributed by atoms with Crippen LogP contribution >= 0.6 is 11.6 Å². The van der Waals surface area contributed by atoms with Crippen molar-refractivity contribution in [3.8, 4) is 0 Å². The Hall–Kier alpha value is -0.550. The molecule has 0 saturated carbocycles. The second-order valence-electron chi connectivity index (χ2n) is 3.99. The zero-order valence-corrected chi connectivity index (χ0v) is 10.3. The maximum Gasteiger partial charge on any atom is 0.152 e. The molecule has 1 aliphatic rings. The number of aryl methyl sites for hydroxylation is 1. The molecule has 0 N–H and O–H groups in total. The molecule has 6 heteroatoms. The molecule has 1 saturated heterocycles. The fraction of sp³-hybridized carbons (Fsp3) is 0.667. The Bertz CT molecular complexity index is 492.